The van der Waals surface area contributed by atoms with Crippen LogP contribution in [0, 0.1) is 13.8 Å². The van der Waals surface area contributed by atoms with Crippen LogP contribution in [0.4, 0.5) is 22.0 Å². The first-order chi connectivity index (χ1) is 13.8. The van der Waals surface area contributed by atoms with Gasteiger partial charge < -0.3 is 4.90 Å². The van der Waals surface area contributed by atoms with Gasteiger partial charge in [-0.15, -0.1) is 0 Å². The number of carbonyl (C=O) groups is 1. The summed E-state index contributed by atoms with van der Waals surface area (Å²) in [6.45, 7) is 5.78. The van der Waals surface area contributed by atoms with Crippen molar-refractivity contribution in [3.05, 3.63) is 46.7 Å². The van der Waals surface area contributed by atoms with E-state index < -0.39 is 23.7 Å². The van der Waals surface area contributed by atoms with Gasteiger partial charge in [0.25, 0.3) is 5.91 Å². The van der Waals surface area contributed by atoms with Crippen LogP contribution in [0.1, 0.15) is 40.1 Å². The monoisotopic (exact) mass is 430 g/mol. The molecule has 30 heavy (non-hydrogen) atoms. The zero-order chi connectivity index (χ0) is 22.4. The summed E-state index contributed by atoms with van der Waals surface area (Å²) in [5.41, 5.74) is -0.544. The predicted molar refractivity (Wildman–Crippen MR) is 96.1 cm³/mol. The number of rotatable bonds is 5. The number of halogens is 5. The third-order valence-corrected chi connectivity index (χ3v) is 4.58. The summed E-state index contributed by atoms with van der Waals surface area (Å²) in [7, 11) is 1.47. The van der Waals surface area contributed by atoms with Gasteiger partial charge in [-0.1, -0.05) is 0 Å². The Bertz CT molecular complexity index is 1100. The number of amides is 1. The molecule has 0 radical (unpaired) electrons. The normalized spacial score (nSPS) is 12.6. The minimum atomic E-state index is -5.82. The number of alkyl halides is 5. The van der Waals surface area contributed by atoms with E-state index in [2.05, 4.69) is 15.2 Å². The van der Waals surface area contributed by atoms with Crippen molar-refractivity contribution in [2.45, 2.75) is 46.0 Å². The molecule has 0 aromatic carbocycles. The molecule has 3 rings (SSSR count). The van der Waals surface area contributed by atoms with E-state index in [1.165, 1.54) is 18.9 Å². The fraction of sp³-hybridized carbons (Fsp3) is 0.444. The van der Waals surface area contributed by atoms with Gasteiger partial charge in [-0.2, -0.15) is 32.1 Å². The molecule has 0 aliphatic heterocycles. The number of hydrogen-bond donors (Lipinski definition) is 0. The van der Waals surface area contributed by atoms with Crippen molar-refractivity contribution in [2.24, 2.45) is 0 Å². The van der Waals surface area contributed by atoms with Crippen molar-refractivity contribution in [2.75, 3.05) is 7.05 Å². The summed E-state index contributed by atoms with van der Waals surface area (Å²) in [4.78, 5) is 17.9. The quantitative estimate of drug-likeness (QED) is 0.582. The van der Waals surface area contributed by atoms with Crippen molar-refractivity contribution in [1.29, 1.82) is 0 Å². The number of carbonyl (C=O) groups excluding carboxylic acids is 1. The Balaban J connectivity index is 1.97. The lowest BCUT2D eigenvalue weighted by Crippen LogP contribution is -2.36. The maximum atomic E-state index is 14.0. The first kappa shape index (κ1) is 21.7. The van der Waals surface area contributed by atoms with E-state index >= 15 is 0 Å². The summed E-state index contributed by atoms with van der Waals surface area (Å²) in [5.74, 6) is -5.81. The van der Waals surface area contributed by atoms with Crippen molar-refractivity contribution in [1.82, 2.24) is 29.3 Å². The summed E-state index contributed by atoms with van der Waals surface area (Å²) in [6, 6.07) is 1.69. The standard InChI is InChI=1S/C18H19F5N6O/c1-5-28-9-12(11(3)25-28)8-27(4)16(30)13-7-15-24-10(2)6-14(29(15)26-13)17(19,20)18(21,22)23/h6-7,9H,5,8H2,1-4H3. The molecule has 0 spiro atoms. The lowest BCUT2D eigenvalue weighted by atomic mass is 10.2. The van der Waals surface area contributed by atoms with Crippen molar-refractivity contribution in [3.63, 3.8) is 0 Å². The van der Waals surface area contributed by atoms with Gasteiger partial charge in [0.2, 0.25) is 0 Å². The van der Waals surface area contributed by atoms with E-state index in [-0.39, 0.29) is 23.6 Å². The fourth-order valence-corrected chi connectivity index (χ4v) is 2.97. The van der Waals surface area contributed by atoms with Gasteiger partial charge in [0.1, 0.15) is 5.69 Å². The lowest BCUT2D eigenvalue weighted by molar-refractivity contribution is -0.291. The number of fused-ring (bicyclic) bond motifs is 1. The first-order valence-electron chi connectivity index (χ1n) is 8.96. The highest BCUT2D eigenvalue weighted by Crippen LogP contribution is 2.43. The average molecular weight is 430 g/mol. The van der Waals surface area contributed by atoms with Crippen LogP contribution in [-0.2, 0) is 19.0 Å². The number of aryl methyl sites for hydroxylation is 3. The van der Waals surface area contributed by atoms with E-state index in [1.54, 1.807) is 17.8 Å². The van der Waals surface area contributed by atoms with Crippen molar-refractivity contribution in [3.8, 4) is 0 Å². The molecule has 7 nitrogen and oxygen atoms in total. The molecule has 3 heterocycles. The number of aromatic nitrogens is 5. The van der Waals surface area contributed by atoms with Gasteiger partial charge in [-0.05, 0) is 26.8 Å². The van der Waals surface area contributed by atoms with Crippen LogP contribution < -0.4 is 0 Å². The minimum absolute atomic E-state index is 0.0590. The highest BCUT2D eigenvalue weighted by Gasteiger charge is 2.60. The smallest absolute Gasteiger partial charge is 0.336 e. The third-order valence-electron chi connectivity index (χ3n) is 4.58. The van der Waals surface area contributed by atoms with E-state index in [1.807, 2.05) is 6.92 Å². The molecule has 0 N–H and O–H groups in total. The maximum absolute atomic E-state index is 14.0. The number of hydrogen-bond acceptors (Lipinski definition) is 4. The molecule has 0 aliphatic carbocycles. The van der Waals surface area contributed by atoms with E-state index in [0.717, 1.165) is 17.3 Å². The van der Waals surface area contributed by atoms with Crippen LogP contribution in [0.3, 0.4) is 0 Å². The zero-order valence-electron chi connectivity index (χ0n) is 16.6. The molecule has 0 unspecified atom stereocenters. The maximum Gasteiger partial charge on any atom is 0.459 e. The molecule has 0 atom stereocenters. The fourth-order valence-electron chi connectivity index (χ4n) is 2.97. The van der Waals surface area contributed by atoms with Gasteiger partial charge in [0, 0.05) is 43.7 Å². The molecular weight excluding hydrogens is 411 g/mol. The molecular formula is C18H19F5N6O. The van der Waals surface area contributed by atoms with E-state index in [4.69, 9.17) is 0 Å². The lowest BCUT2D eigenvalue weighted by Gasteiger charge is -2.20. The molecule has 3 aromatic heterocycles. The summed E-state index contributed by atoms with van der Waals surface area (Å²) in [6.07, 6.45) is -4.05. The SMILES string of the molecule is CCn1cc(CN(C)C(=O)c2cc3nc(C)cc(C(F)(F)C(F)(F)F)n3n2)c(C)n1. The Morgan fingerprint density at radius 1 is 1.13 bits per heavy atom. The molecule has 0 aliphatic rings. The molecule has 0 saturated carbocycles. The van der Waals surface area contributed by atoms with Crippen LogP contribution >= 0.6 is 0 Å². The van der Waals surface area contributed by atoms with Crippen LogP contribution in [0.5, 0.6) is 0 Å². The second kappa shape index (κ2) is 7.33. The number of nitrogens with zero attached hydrogens (tertiary/aromatic N) is 6. The molecule has 162 valence electrons. The Kier molecular flexibility index (Phi) is 5.29. The molecule has 0 fully saturated rings. The second-order valence-corrected chi connectivity index (χ2v) is 6.91. The van der Waals surface area contributed by atoms with Crippen molar-refractivity contribution >= 4 is 11.6 Å². The van der Waals surface area contributed by atoms with Crippen LogP contribution in [-0.4, -0.2) is 48.4 Å². The van der Waals surface area contributed by atoms with Gasteiger partial charge >= 0.3 is 12.1 Å². The van der Waals surface area contributed by atoms with Gasteiger partial charge in [0.05, 0.1) is 5.69 Å². The Hall–Kier alpha value is -3.05. The molecule has 0 saturated heterocycles. The third kappa shape index (κ3) is 3.73. The Morgan fingerprint density at radius 3 is 2.37 bits per heavy atom. The predicted octanol–water partition coefficient (Wildman–Crippen LogP) is 3.49. The van der Waals surface area contributed by atoms with Gasteiger partial charge in [-0.3, -0.25) is 9.48 Å². The molecule has 0 bridgehead atoms. The van der Waals surface area contributed by atoms with Crippen LogP contribution in [0.2, 0.25) is 0 Å². The minimum Gasteiger partial charge on any atom is -0.336 e. The summed E-state index contributed by atoms with van der Waals surface area (Å²) < 4.78 is 68.7. The topological polar surface area (TPSA) is 68.3 Å². The molecule has 1 amide bonds. The van der Waals surface area contributed by atoms with E-state index in [9.17, 15) is 26.7 Å². The van der Waals surface area contributed by atoms with Gasteiger partial charge in [-0.25, -0.2) is 9.50 Å². The van der Waals surface area contributed by atoms with Gasteiger partial charge in [0.15, 0.2) is 11.3 Å². The highest BCUT2D eigenvalue weighted by atomic mass is 19.4. The second-order valence-electron chi connectivity index (χ2n) is 6.91. The Labute approximate surface area is 168 Å². The molecule has 12 heteroatoms. The molecule has 3 aromatic rings. The van der Waals surface area contributed by atoms with Crippen LogP contribution in [0.25, 0.3) is 5.65 Å². The zero-order valence-corrected chi connectivity index (χ0v) is 16.6. The van der Waals surface area contributed by atoms with Crippen molar-refractivity contribution < 1.29 is 26.7 Å². The summed E-state index contributed by atoms with van der Waals surface area (Å²) in [5, 5.41) is 7.98. The van der Waals surface area contributed by atoms with E-state index in [0.29, 0.717) is 17.1 Å². The highest BCUT2D eigenvalue weighted by molar-refractivity contribution is 5.93. The average Bonchev–Trinajstić information content (AvgIpc) is 3.22. The largest absolute Gasteiger partial charge is 0.459 e. The summed E-state index contributed by atoms with van der Waals surface area (Å²) >= 11 is 0. The van der Waals surface area contributed by atoms with Crippen LogP contribution in [0.15, 0.2) is 18.3 Å². The first-order valence-corrected chi connectivity index (χ1v) is 8.96. The Morgan fingerprint density at radius 2 is 1.80 bits per heavy atom.